The first-order valence-corrected chi connectivity index (χ1v) is 8.93. The lowest BCUT2D eigenvalue weighted by atomic mass is 10.1. The molecule has 2 aliphatic rings. The van der Waals surface area contributed by atoms with Gasteiger partial charge in [-0.2, -0.15) is 5.26 Å². The molecule has 0 radical (unpaired) electrons. The van der Waals surface area contributed by atoms with Crippen LogP contribution in [-0.4, -0.2) is 46.5 Å². The number of nitrogens with zero attached hydrogens (tertiary/aromatic N) is 3. The van der Waals surface area contributed by atoms with E-state index in [1.807, 2.05) is 6.07 Å². The predicted octanol–water partition coefficient (Wildman–Crippen LogP) is 2.61. The van der Waals surface area contributed by atoms with Crippen molar-refractivity contribution in [2.75, 3.05) is 19.6 Å². The van der Waals surface area contributed by atoms with Gasteiger partial charge in [0.05, 0.1) is 16.5 Å². The Hall–Kier alpha value is -2.59. The summed E-state index contributed by atoms with van der Waals surface area (Å²) in [6.07, 6.45) is 4.65. The number of likely N-dealkylation sites (tertiary alicyclic amines) is 1. The SMILES string of the molecule is N#Cc1ccc(/C=C2/SC(=O)N(CC(=O)N3CCCCC3)C2=O)cc1. The highest BCUT2D eigenvalue weighted by Gasteiger charge is 2.37. The third kappa shape index (κ3) is 3.91. The monoisotopic (exact) mass is 355 g/mol. The van der Waals surface area contributed by atoms with Crippen molar-refractivity contribution < 1.29 is 14.4 Å². The minimum Gasteiger partial charge on any atom is -0.341 e. The molecular formula is C18H17N3O3S. The Kier molecular flexibility index (Phi) is 5.19. The summed E-state index contributed by atoms with van der Waals surface area (Å²) in [6.45, 7) is 1.18. The maximum absolute atomic E-state index is 12.5. The van der Waals surface area contributed by atoms with E-state index in [1.54, 1.807) is 35.2 Å². The van der Waals surface area contributed by atoms with Gasteiger partial charge in [0, 0.05) is 13.1 Å². The number of rotatable bonds is 3. The minimum absolute atomic E-state index is 0.179. The predicted molar refractivity (Wildman–Crippen MR) is 94.3 cm³/mol. The molecule has 0 spiro atoms. The molecule has 3 rings (SSSR count). The zero-order valence-corrected chi connectivity index (χ0v) is 14.4. The second kappa shape index (κ2) is 7.53. The second-order valence-electron chi connectivity index (χ2n) is 5.94. The number of thioether (sulfide) groups is 1. The molecule has 2 heterocycles. The van der Waals surface area contributed by atoms with Gasteiger partial charge in [0.25, 0.3) is 11.1 Å². The van der Waals surface area contributed by atoms with E-state index in [1.165, 1.54) is 0 Å². The summed E-state index contributed by atoms with van der Waals surface area (Å²) < 4.78 is 0. The number of hydrogen-bond acceptors (Lipinski definition) is 5. The molecule has 0 aromatic heterocycles. The van der Waals surface area contributed by atoms with Crippen LogP contribution in [0.15, 0.2) is 29.2 Å². The lowest BCUT2D eigenvalue weighted by molar-refractivity contribution is -0.136. The lowest BCUT2D eigenvalue weighted by Gasteiger charge is -2.27. The molecule has 7 heteroatoms. The fourth-order valence-electron chi connectivity index (χ4n) is 2.82. The van der Waals surface area contributed by atoms with Crippen LogP contribution in [0.25, 0.3) is 6.08 Å². The molecule has 128 valence electrons. The number of hydrogen-bond donors (Lipinski definition) is 0. The van der Waals surface area contributed by atoms with E-state index in [2.05, 4.69) is 0 Å². The number of imide groups is 1. The topological polar surface area (TPSA) is 81.5 Å². The average Bonchev–Trinajstić information content (AvgIpc) is 2.90. The van der Waals surface area contributed by atoms with Gasteiger partial charge in [-0.3, -0.25) is 19.3 Å². The van der Waals surface area contributed by atoms with Crippen molar-refractivity contribution in [3.63, 3.8) is 0 Å². The fourth-order valence-corrected chi connectivity index (χ4v) is 3.66. The zero-order chi connectivity index (χ0) is 17.8. The molecule has 2 fully saturated rings. The quantitative estimate of drug-likeness (QED) is 0.779. The molecule has 1 aromatic rings. The van der Waals surface area contributed by atoms with Gasteiger partial charge in [-0.15, -0.1) is 0 Å². The van der Waals surface area contributed by atoms with Crippen LogP contribution in [0.4, 0.5) is 4.79 Å². The van der Waals surface area contributed by atoms with Crippen LogP contribution in [0.1, 0.15) is 30.4 Å². The highest BCUT2D eigenvalue weighted by molar-refractivity contribution is 8.18. The van der Waals surface area contributed by atoms with Gasteiger partial charge in [0.2, 0.25) is 5.91 Å². The van der Waals surface area contributed by atoms with Crippen molar-refractivity contribution in [2.45, 2.75) is 19.3 Å². The number of nitriles is 1. The van der Waals surface area contributed by atoms with E-state index in [-0.39, 0.29) is 12.5 Å². The lowest BCUT2D eigenvalue weighted by Crippen LogP contribution is -2.44. The zero-order valence-electron chi connectivity index (χ0n) is 13.6. The van der Waals surface area contributed by atoms with Gasteiger partial charge in [0.15, 0.2) is 0 Å². The van der Waals surface area contributed by atoms with Crippen molar-refractivity contribution in [3.8, 4) is 6.07 Å². The van der Waals surface area contributed by atoms with Crippen molar-refractivity contribution in [1.82, 2.24) is 9.80 Å². The molecule has 0 saturated carbocycles. The third-order valence-electron chi connectivity index (χ3n) is 4.21. The Morgan fingerprint density at radius 3 is 2.48 bits per heavy atom. The normalized spacial score (nSPS) is 19.4. The van der Waals surface area contributed by atoms with Crippen molar-refractivity contribution >= 4 is 34.9 Å². The number of piperidine rings is 1. The molecular weight excluding hydrogens is 338 g/mol. The molecule has 2 saturated heterocycles. The van der Waals surface area contributed by atoms with Crippen molar-refractivity contribution in [3.05, 3.63) is 40.3 Å². The first-order valence-electron chi connectivity index (χ1n) is 8.12. The Bertz CT molecular complexity index is 774. The average molecular weight is 355 g/mol. The molecule has 25 heavy (non-hydrogen) atoms. The fraction of sp³-hybridized carbons (Fsp3) is 0.333. The molecule has 0 N–H and O–H groups in total. The second-order valence-corrected chi connectivity index (χ2v) is 6.94. The molecule has 1 aromatic carbocycles. The highest BCUT2D eigenvalue weighted by atomic mass is 32.2. The van der Waals surface area contributed by atoms with Gasteiger partial charge < -0.3 is 4.90 Å². The maximum Gasteiger partial charge on any atom is 0.294 e. The first kappa shape index (κ1) is 17.2. The largest absolute Gasteiger partial charge is 0.341 e. The van der Waals surface area contributed by atoms with Gasteiger partial charge >= 0.3 is 0 Å². The van der Waals surface area contributed by atoms with E-state index in [4.69, 9.17) is 5.26 Å². The minimum atomic E-state index is -0.440. The molecule has 0 aliphatic carbocycles. The molecule has 6 nitrogen and oxygen atoms in total. The summed E-state index contributed by atoms with van der Waals surface area (Å²) in [5.74, 6) is -0.619. The summed E-state index contributed by atoms with van der Waals surface area (Å²) >= 11 is 0.838. The standard InChI is InChI=1S/C18H17N3O3S/c19-11-14-6-4-13(5-7-14)10-15-17(23)21(18(24)25-15)12-16(22)20-8-2-1-3-9-20/h4-7,10H,1-3,8-9,12H2/b15-10+. The molecule has 0 unspecified atom stereocenters. The molecule has 0 atom stereocenters. The molecule has 2 aliphatic heterocycles. The summed E-state index contributed by atoms with van der Waals surface area (Å²) in [5.41, 5.74) is 1.25. The van der Waals surface area contributed by atoms with Crippen molar-refractivity contribution in [1.29, 1.82) is 5.26 Å². The van der Waals surface area contributed by atoms with Gasteiger partial charge in [-0.1, -0.05) is 12.1 Å². The van der Waals surface area contributed by atoms with Gasteiger partial charge in [0.1, 0.15) is 6.54 Å². The Morgan fingerprint density at radius 2 is 1.84 bits per heavy atom. The smallest absolute Gasteiger partial charge is 0.294 e. The summed E-state index contributed by atoms with van der Waals surface area (Å²) in [5, 5.41) is 8.38. The Balaban J connectivity index is 1.69. The van der Waals surface area contributed by atoms with Gasteiger partial charge in [-0.25, -0.2) is 0 Å². The van der Waals surface area contributed by atoms with E-state index in [0.717, 1.165) is 41.5 Å². The van der Waals surface area contributed by atoms with E-state index < -0.39 is 11.1 Å². The number of carbonyl (C=O) groups excluding carboxylic acids is 3. The number of amides is 3. The van der Waals surface area contributed by atoms with E-state index in [0.29, 0.717) is 23.6 Å². The molecule has 3 amide bonds. The summed E-state index contributed by atoms with van der Waals surface area (Å²) in [6, 6.07) is 8.75. The van der Waals surface area contributed by atoms with E-state index in [9.17, 15) is 14.4 Å². The number of benzene rings is 1. The van der Waals surface area contributed by atoms with Crippen LogP contribution in [0.2, 0.25) is 0 Å². The maximum atomic E-state index is 12.5. The van der Waals surface area contributed by atoms with Crippen LogP contribution in [-0.2, 0) is 9.59 Å². The Morgan fingerprint density at radius 1 is 1.16 bits per heavy atom. The molecule has 0 bridgehead atoms. The van der Waals surface area contributed by atoms with Crippen LogP contribution in [0.3, 0.4) is 0 Å². The summed E-state index contributed by atoms with van der Waals surface area (Å²) in [4.78, 5) is 39.9. The summed E-state index contributed by atoms with van der Waals surface area (Å²) in [7, 11) is 0. The van der Waals surface area contributed by atoms with Gasteiger partial charge in [-0.05, 0) is 54.8 Å². The Labute approximate surface area is 150 Å². The van der Waals surface area contributed by atoms with Crippen molar-refractivity contribution in [2.24, 2.45) is 0 Å². The first-order chi connectivity index (χ1) is 12.1. The van der Waals surface area contributed by atoms with E-state index >= 15 is 0 Å². The van der Waals surface area contributed by atoms with Crippen LogP contribution < -0.4 is 0 Å². The third-order valence-corrected chi connectivity index (χ3v) is 5.12. The highest BCUT2D eigenvalue weighted by Crippen LogP contribution is 2.32. The van der Waals surface area contributed by atoms with Crippen LogP contribution in [0, 0.1) is 11.3 Å². The van der Waals surface area contributed by atoms with Crippen LogP contribution in [0.5, 0.6) is 0 Å². The van der Waals surface area contributed by atoms with Crippen LogP contribution >= 0.6 is 11.8 Å². The number of carbonyl (C=O) groups is 3.